The highest BCUT2D eigenvalue weighted by Crippen LogP contribution is 2.41. The molecule has 0 saturated heterocycles. The molecule has 1 aromatic heterocycles. The van der Waals surface area contributed by atoms with Gasteiger partial charge in [0.2, 0.25) is 0 Å². The molecule has 0 amide bonds. The second-order valence-corrected chi connectivity index (χ2v) is 5.04. The molecule has 1 aliphatic rings. The number of nitrogens with one attached hydrogen (secondary N) is 1. The molecule has 0 spiro atoms. The third-order valence-electron chi connectivity index (χ3n) is 3.82. The normalized spacial score (nSPS) is 20.1. The van der Waals surface area contributed by atoms with Gasteiger partial charge in [-0.3, -0.25) is 0 Å². The minimum absolute atomic E-state index is 0.164. The number of alkyl halides is 2. The maximum absolute atomic E-state index is 13.4. The minimum atomic E-state index is -2.57. The minimum Gasteiger partial charge on any atom is -0.496 e. The lowest BCUT2D eigenvalue weighted by Crippen LogP contribution is -2.31. The fourth-order valence-electron chi connectivity index (χ4n) is 2.77. The van der Waals surface area contributed by atoms with Crippen LogP contribution in [0.15, 0.2) is 30.5 Å². The van der Waals surface area contributed by atoms with Crippen LogP contribution in [0, 0.1) is 11.3 Å². The number of halogens is 2. The SMILES string of the molecule is COc1ccccc1C1CC(C(F)F)n2ncc(C#N)c2N1. The number of nitrogens with zero attached hydrogens (tertiary/aromatic N) is 3. The number of fused-ring (bicyclic) bond motifs is 1. The zero-order valence-electron chi connectivity index (χ0n) is 11.8. The summed E-state index contributed by atoms with van der Waals surface area (Å²) < 4.78 is 33.3. The highest BCUT2D eigenvalue weighted by atomic mass is 19.3. The molecule has 0 radical (unpaired) electrons. The molecule has 2 unspecified atom stereocenters. The molecular formula is C15H14F2N4O. The average Bonchev–Trinajstić information content (AvgIpc) is 2.96. The van der Waals surface area contributed by atoms with Crippen LogP contribution < -0.4 is 10.1 Å². The van der Waals surface area contributed by atoms with Crippen LogP contribution in [0.1, 0.15) is 29.6 Å². The summed E-state index contributed by atoms with van der Waals surface area (Å²) in [5, 5.41) is 16.2. The standard InChI is InChI=1S/C15H14F2N4O/c1-22-13-5-3-2-4-10(13)11-6-12(14(16)17)21-15(20-11)9(7-18)8-19-21/h2-5,8,11-12,14,20H,6H2,1H3. The van der Waals surface area contributed by atoms with Crippen molar-refractivity contribution in [2.24, 2.45) is 0 Å². The third-order valence-corrected chi connectivity index (χ3v) is 3.82. The topological polar surface area (TPSA) is 62.9 Å². The maximum atomic E-state index is 13.4. The van der Waals surface area contributed by atoms with Crippen molar-refractivity contribution < 1.29 is 13.5 Å². The van der Waals surface area contributed by atoms with E-state index in [4.69, 9.17) is 10.00 Å². The van der Waals surface area contributed by atoms with Crippen LogP contribution in [0.3, 0.4) is 0 Å². The molecule has 1 aromatic carbocycles. The van der Waals surface area contributed by atoms with Crippen molar-refractivity contribution in [2.75, 3.05) is 12.4 Å². The van der Waals surface area contributed by atoms with Crippen molar-refractivity contribution in [3.05, 3.63) is 41.6 Å². The number of nitriles is 1. The number of anilines is 1. The Morgan fingerprint density at radius 1 is 1.45 bits per heavy atom. The summed E-state index contributed by atoms with van der Waals surface area (Å²) in [7, 11) is 1.54. The molecule has 114 valence electrons. The number of hydrogen-bond donors (Lipinski definition) is 1. The molecule has 0 saturated carbocycles. The first-order chi connectivity index (χ1) is 10.7. The van der Waals surface area contributed by atoms with Crippen LogP contribution in [0.2, 0.25) is 0 Å². The zero-order valence-corrected chi connectivity index (χ0v) is 11.8. The quantitative estimate of drug-likeness (QED) is 0.946. The van der Waals surface area contributed by atoms with E-state index in [9.17, 15) is 8.78 Å². The molecule has 0 aliphatic carbocycles. The first-order valence-corrected chi connectivity index (χ1v) is 6.81. The van der Waals surface area contributed by atoms with E-state index in [0.717, 1.165) is 5.56 Å². The van der Waals surface area contributed by atoms with Crippen molar-refractivity contribution in [1.29, 1.82) is 5.26 Å². The second kappa shape index (κ2) is 5.64. The van der Waals surface area contributed by atoms with E-state index >= 15 is 0 Å². The van der Waals surface area contributed by atoms with Crippen LogP contribution in [0.4, 0.5) is 14.6 Å². The van der Waals surface area contributed by atoms with E-state index in [1.54, 1.807) is 6.07 Å². The predicted molar refractivity (Wildman–Crippen MR) is 76.0 cm³/mol. The van der Waals surface area contributed by atoms with Gasteiger partial charge >= 0.3 is 0 Å². The van der Waals surface area contributed by atoms with Gasteiger partial charge in [-0.25, -0.2) is 13.5 Å². The van der Waals surface area contributed by atoms with Crippen molar-refractivity contribution in [3.63, 3.8) is 0 Å². The third kappa shape index (κ3) is 2.26. The van der Waals surface area contributed by atoms with Gasteiger partial charge in [0.15, 0.2) is 0 Å². The fourth-order valence-corrected chi connectivity index (χ4v) is 2.77. The van der Waals surface area contributed by atoms with Gasteiger partial charge in [-0.05, 0) is 12.5 Å². The zero-order chi connectivity index (χ0) is 15.7. The van der Waals surface area contributed by atoms with Gasteiger partial charge in [-0.15, -0.1) is 0 Å². The second-order valence-electron chi connectivity index (χ2n) is 5.04. The van der Waals surface area contributed by atoms with Gasteiger partial charge < -0.3 is 10.1 Å². The van der Waals surface area contributed by atoms with Crippen molar-refractivity contribution >= 4 is 5.82 Å². The molecule has 22 heavy (non-hydrogen) atoms. The molecule has 7 heteroatoms. The number of hydrogen-bond acceptors (Lipinski definition) is 4. The fraction of sp³-hybridized carbons (Fsp3) is 0.333. The van der Waals surface area contributed by atoms with Crippen molar-refractivity contribution in [3.8, 4) is 11.8 Å². The molecule has 2 aromatic rings. The van der Waals surface area contributed by atoms with Gasteiger partial charge in [-0.2, -0.15) is 10.4 Å². The molecule has 0 bridgehead atoms. The van der Waals surface area contributed by atoms with Gasteiger partial charge in [0.25, 0.3) is 6.43 Å². The smallest absolute Gasteiger partial charge is 0.260 e. The first-order valence-electron chi connectivity index (χ1n) is 6.81. The number of benzene rings is 1. The summed E-state index contributed by atoms with van der Waals surface area (Å²) in [5.41, 5.74) is 1.04. The average molecular weight is 304 g/mol. The summed E-state index contributed by atoms with van der Waals surface area (Å²) in [4.78, 5) is 0. The maximum Gasteiger partial charge on any atom is 0.260 e. The molecule has 2 atom stereocenters. The lowest BCUT2D eigenvalue weighted by molar-refractivity contribution is 0.0657. The Labute approximate surface area is 126 Å². The van der Waals surface area contributed by atoms with Crippen LogP contribution in [0.25, 0.3) is 0 Å². The number of para-hydroxylation sites is 1. The van der Waals surface area contributed by atoms with Gasteiger partial charge in [-0.1, -0.05) is 18.2 Å². The van der Waals surface area contributed by atoms with E-state index in [0.29, 0.717) is 11.6 Å². The van der Waals surface area contributed by atoms with Gasteiger partial charge in [0.05, 0.1) is 19.3 Å². The Bertz CT molecular complexity index is 723. The van der Waals surface area contributed by atoms with Crippen molar-refractivity contribution in [1.82, 2.24) is 9.78 Å². The van der Waals surface area contributed by atoms with Crippen LogP contribution in [-0.4, -0.2) is 23.3 Å². The van der Waals surface area contributed by atoms with Gasteiger partial charge in [0, 0.05) is 5.56 Å². The van der Waals surface area contributed by atoms with E-state index in [2.05, 4.69) is 10.4 Å². The molecular weight excluding hydrogens is 290 g/mol. The largest absolute Gasteiger partial charge is 0.496 e. The van der Waals surface area contributed by atoms with E-state index < -0.39 is 12.5 Å². The highest BCUT2D eigenvalue weighted by molar-refractivity contribution is 5.55. The Kier molecular flexibility index (Phi) is 3.67. The van der Waals surface area contributed by atoms with Crippen LogP contribution in [0.5, 0.6) is 5.75 Å². The molecule has 3 rings (SSSR count). The summed E-state index contributed by atoms with van der Waals surface area (Å²) >= 11 is 0. The van der Waals surface area contributed by atoms with Crippen molar-refractivity contribution in [2.45, 2.75) is 24.9 Å². The number of rotatable bonds is 3. The molecule has 5 nitrogen and oxygen atoms in total. The number of methoxy groups -OCH3 is 1. The van der Waals surface area contributed by atoms with E-state index in [-0.39, 0.29) is 18.0 Å². The Morgan fingerprint density at radius 2 is 2.23 bits per heavy atom. The lowest BCUT2D eigenvalue weighted by atomic mass is 9.96. The predicted octanol–water partition coefficient (Wildman–Crippen LogP) is 3.13. The number of aromatic nitrogens is 2. The van der Waals surface area contributed by atoms with Crippen LogP contribution >= 0.6 is 0 Å². The summed E-state index contributed by atoms with van der Waals surface area (Å²) in [6, 6.07) is 7.79. The van der Waals surface area contributed by atoms with Gasteiger partial charge in [0.1, 0.15) is 29.2 Å². The highest BCUT2D eigenvalue weighted by Gasteiger charge is 2.36. The molecule has 1 N–H and O–H groups in total. The molecule has 0 fully saturated rings. The Morgan fingerprint density at radius 3 is 2.91 bits per heavy atom. The van der Waals surface area contributed by atoms with E-state index in [1.807, 2.05) is 24.3 Å². The summed E-state index contributed by atoms with van der Waals surface area (Å²) in [5.74, 6) is 0.953. The number of ether oxygens (including phenoxy) is 1. The molecule has 2 heterocycles. The van der Waals surface area contributed by atoms with E-state index in [1.165, 1.54) is 18.0 Å². The monoisotopic (exact) mass is 304 g/mol. The first kappa shape index (κ1) is 14.3. The summed E-state index contributed by atoms with van der Waals surface area (Å²) in [6.07, 6.45) is -1.09. The Balaban J connectivity index is 2.04. The lowest BCUT2D eigenvalue weighted by Gasteiger charge is -2.32. The molecule has 1 aliphatic heterocycles. The van der Waals surface area contributed by atoms with Crippen LogP contribution in [-0.2, 0) is 0 Å². The summed E-state index contributed by atoms with van der Waals surface area (Å²) in [6.45, 7) is 0. The Hall–Kier alpha value is -2.62.